The number of hydrazone groups is 1. The van der Waals surface area contributed by atoms with Gasteiger partial charge in [0, 0.05) is 0 Å². The lowest BCUT2D eigenvalue weighted by atomic mass is 10.3. The van der Waals surface area contributed by atoms with Crippen LogP contribution in [0.4, 0.5) is 11.5 Å². The molecule has 0 unspecified atom stereocenters. The molecule has 25 heavy (non-hydrogen) atoms. The molecule has 3 rings (SSSR count). The zero-order chi connectivity index (χ0) is 17.6. The molecule has 2 heterocycles. The molecule has 0 aliphatic heterocycles. The van der Waals surface area contributed by atoms with E-state index in [0.717, 1.165) is 10.2 Å². The monoisotopic (exact) mass is 347 g/mol. The summed E-state index contributed by atoms with van der Waals surface area (Å²) in [7, 11) is 0. The Labute approximate surface area is 146 Å². The predicted octanol–water partition coefficient (Wildman–Crippen LogP) is 2.76. The molecule has 0 atom stereocenters. The molecule has 2 aromatic heterocycles. The fourth-order valence-corrected chi connectivity index (χ4v) is 2.73. The highest BCUT2D eigenvalue weighted by atomic mass is 32.1. The van der Waals surface area contributed by atoms with E-state index in [0.29, 0.717) is 16.5 Å². The zero-order valence-electron chi connectivity index (χ0n) is 12.6. The van der Waals surface area contributed by atoms with E-state index in [1.54, 1.807) is 24.3 Å². The molecule has 0 radical (unpaired) electrons. The number of amides is 1. The number of thiazole rings is 1. The van der Waals surface area contributed by atoms with Crippen LogP contribution in [0.15, 0.2) is 47.7 Å². The van der Waals surface area contributed by atoms with Gasteiger partial charge in [-0.2, -0.15) is 15.6 Å². The SMILES string of the molecule is N#CC(C#N)=NNc1ccc(NC(=O)c2nc3ccccc3s2)nc1. The number of carbonyl (C=O) groups is 1. The number of hydrogen-bond donors (Lipinski definition) is 2. The normalized spacial score (nSPS) is 9.68. The fourth-order valence-electron chi connectivity index (χ4n) is 1.87. The molecule has 0 aliphatic carbocycles. The van der Waals surface area contributed by atoms with Gasteiger partial charge in [-0.1, -0.05) is 12.1 Å². The number of rotatable bonds is 4. The van der Waals surface area contributed by atoms with Gasteiger partial charge in [-0.05, 0) is 24.3 Å². The predicted molar refractivity (Wildman–Crippen MR) is 94.1 cm³/mol. The van der Waals surface area contributed by atoms with Crippen molar-refractivity contribution in [2.75, 3.05) is 10.7 Å². The average molecular weight is 347 g/mol. The third-order valence-electron chi connectivity index (χ3n) is 3.00. The molecule has 120 valence electrons. The minimum Gasteiger partial charge on any atom is -0.304 e. The second-order valence-corrected chi connectivity index (χ2v) is 5.70. The van der Waals surface area contributed by atoms with E-state index < -0.39 is 0 Å². The minimum atomic E-state index is -0.344. The van der Waals surface area contributed by atoms with Crippen LogP contribution in [-0.4, -0.2) is 21.6 Å². The highest BCUT2D eigenvalue weighted by Crippen LogP contribution is 2.22. The Bertz CT molecular complexity index is 992. The number of nitriles is 2. The molecule has 1 amide bonds. The molecule has 0 saturated carbocycles. The van der Waals surface area contributed by atoms with Crippen molar-refractivity contribution in [3.05, 3.63) is 47.6 Å². The molecule has 0 saturated heterocycles. The first-order valence-corrected chi connectivity index (χ1v) is 7.78. The van der Waals surface area contributed by atoms with Gasteiger partial charge >= 0.3 is 0 Å². The Balaban J connectivity index is 1.69. The number of aromatic nitrogens is 2. The minimum absolute atomic E-state index is 0.298. The third kappa shape index (κ3) is 3.75. The number of fused-ring (bicyclic) bond motifs is 1. The van der Waals surface area contributed by atoms with Gasteiger partial charge in [0.15, 0.2) is 5.01 Å². The first-order chi connectivity index (χ1) is 12.2. The summed E-state index contributed by atoms with van der Waals surface area (Å²) in [6.45, 7) is 0. The van der Waals surface area contributed by atoms with E-state index in [1.165, 1.54) is 17.5 Å². The van der Waals surface area contributed by atoms with Gasteiger partial charge in [-0.15, -0.1) is 11.3 Å². The summed E-state index contributed by atoms with van der Waals surface area (Å²) in [6, 6.07) is 13.9. The average Bonchev–Trinajstić information content (AvgIpc) is 3.08. The first kappa shape index (κ1) is 16.1. The van der Waals surface area contributed by atoms with Crippen LogP contribution in [0.25, 0.3) is 10.2 Å². The molecule has 0 bridgehead atoms. The number of anilines is 2. The number of nitrogens with one attached hydrogen (secondary N) is 2. The van der Waals surface area contributed by atoms with Gasteiger partial charge in [-0.25, -0.2) is 9.97 Å². The Morgan fingerprint density at radius 3 is 2.64 bits per heavy atom. The summed E-state index contributed by atoms with van der Waals surface area (Å²) < 4.78 is 0.934. The zero-order valence-corrected chi connectivity index (χ0v) is 13.4. The van der Waals surface area contributed by atoms with Crippen molar-refractivity contribution >= 4 is 44.7 Å². The van der Waals surface area contributed by atoms with Crippen LogP contribution in [0.1, 0.15) is 9.80 Å². The highest BCUT2D eigenvalue weighted by molar-refractivity contribution is 7.20. The first-order valence-electron chi connectivity index (χ1n) is 6.96. The summed E-state index contributed by atoms with van der Waals surface area (Å²) in [4.78, 5) is 20.6. The number of nitrogens with zero attached hydrogens (tertiary/aromatic N) is 5. The van der Waals surface area contributed by atoms with Gasteiger partial charge < -0.3 is 5.32 Å². The van der Waals surface area contributed by atoms with E-state index in [1.807, 2.05) is 24.3 Å². The van der Waals surface area contributed by atoms with Crippen molar-refractivity contribution in [3.8, 4) is 12.1 Å². The van der Waals surface area contributed by atoms with Crippen LogP contribution in [0, 0.1) is 22.7 Å². The van der Waals surface area contributed by atoms with E-state index in [9.17, 15) is 4.79 Å². The lowest BCUT2D eigenvalue weighted by Crippen LogP contribution is -2.12. The molecular formula is C16H9N7OS. The molecule has 9 heteroatoms. The van der Waals surface area contributed by atoms with Crippen LogP contribution in [0.3, 0.4) is 0 Å². The standard InChI is InChI=1S/C16H9N7OS/c17-7-11(8-18)23-22-10-5-6-14(19-9-10)21-15(24)16-20-12-3-1-2-4-13(12)25-16/h1-6,9,22H,(H,19,21,24). The van der Waals surface area contributed by atoms with E-state index >= 15 is 0 Å². The van der Waals surface area contributed by atoms with Crippen LogP contribution in [-0.2, 0) is 0 Å². The third-order valence-corrected chi connectivity index (χ3v) is 4.04. The summed E-state index contributed by atoms with van der Waals surface area (Å²) in [5.74, 6) is 0.00301. The summed E-state index contributed by atoms with van der Waals surface area (Å²) in [5.41, 5.74) is 3.48. The van der Waals surface area contributed by atoms with Gasteiger partial charge in [-0.3, -0.25) is 10.2 Å². The lowest BCUT2D eigenvalue weighted by molar-refractivity contribution is 0.102. The number of carbonyl (C=O) groups excluding carboxylic acids is 1. The van der Waals surface area contributed by atoms with Crippen LogP contribution >= 0.6 is 11.3 Å². The topological polar surface area (TPSA) is 127 Å². The second kappa shape index (κ2) is 7.17. The Morgan fingerprint density at radius 2 is 1.96 bits per heavy atom. The Morgan fingerprint density at radius 1 is 1.16 bits per heavy atom. The molecular weight excluding hydrogens is 338 g/mol. The van der Waals surface area contributed by atoms with E-state index in [4.69, 9.17) is 10.5 Å². The van der Waals surface area contributed by atoms with Crippen molar-refractivity contribution in [1.29, 1.82) is 10.5 Å². The van der Waals surface area contributed by atoms with Crippen LogP contribution in [0.2, 0.25) is 0 Å². The highest BCUT2D eigenvalue weighted by Gasteiger charge is 2.12. The molecule has 0 fully saturated rings. The molecule has 2 N–H and O–H groups in total. The van der Waals surface area contributed by atoms with Gasteiger partial charge in [0.2, 0.25) is 5.71 Å². The summed E-state index contributed by atoms with van der Waals surface area (Å²) >= 11 is 1.30. The van der Waals surface area contributed by atoms with Crippen molar-refractivity contribution < 1.29 is 4.79 Å². The molecule has 0 aliphatic rings. The van der Waals surface area contributed by atoms with Crippen molar-refractivity contribution in [2.45, 2.75) is 0 Å². The maximum absolute atomic E-state index is 12.2. The Hall–Kier alpha value is -3.82. The maximum Gasteiger partial charge on any atom is 0.285 e. The van der Waals surface area contributed by atoms with Crippen molar-refractivity contribution in [1.82, 2.24) is 9.97 Å². The quantitative estimate of drug-likeness (QED) is 0.552. The Kier molecular flexibility index (Phi) is 4.60. The summed E-state index contributed by atoms with van der Waals surface area (Å²) in [5, 5.41) is 23.8. The van der Waals surface area contributed by atoms with Crippen LogP contribution in [0.5, 0.6) is 0 Å². The summed E-state index contributed by atoms with van der Waals surface area (Å²) in [6.07, 6.45) is 1.42. The smallest absolute Gasteiger partial charge is 0.285 e. The number of pyridine rings is 1. The second-order valence-electron chi connectivity index (χ2n) is 4.67. The lowest BCUT2D eigenvalue weighted by Gasteiger charge is -2.03. The maximum atomic E-state index is 12.2. The fraction of sp³-hybridized carbons (Fsp3) is 0. The largest absolute Gasteiger partial charge is 0.304 e. The molecule has 1 aromatic carbocycles. The van der Waals surface area contributed by atoms with E-state index in [2.05, 4.69) is 25.8 Å². The van der Waals surface area contributed by atoms with Gasteiger partial charge in [0.1, 0.15) is 18.0 Å². The molecule has 0 spiro atoms. The van der Waals surface area contributed by atoms with Gasteiger partial charge in [0.25, 0.3) is 5.91 Å². The molecule has 8 nitrogen and oxygen atoms in total. The van der Waals surface area contributed by atoms with Crippen molar-refractivity contribution in [3.63, 3.8) is 0 Å². The number of para-hydroxylation sites is 1. The van der Waals surface area contributed by atoms with E-state index in [-0.39, 0.29) is 11.6 Å². The van der Waals surface area contributed by atoms with Crippen molar-refractivity contribution in [2.24, 2.45) is 5.10 Å². The number of benzene rings is 1. The molecule has 3 aromatic rings. The number of hydrogen-bond acceptors (Lipinski definition) is 8. The van der Waals surface area contributed by atoms with Crippen LogP contribution < -0.4 is 10.7 Å². The van der Waals surface area contributed by atoms with Gasteiger partial charge in [0.05, 0.1) is 22.1 Å².